The van der Waals surface area contributed by atoms with Gasteiger partial charge >= 0.3 is 12.1 Å². The van der Waals surface area contributed by atoms with Gasteiger partial charge in [0.25, 0.3) is 0 Å². The first kappa shape index (κ1) is 16.6. The van der Waals surface area contributed by atoms with Crippen LogP contribution in [-0.2, 0) is 16.0 Å². The minimum Gasteiger partial charge on any atom is -0.448 e. The summed E-state index contributed by atoms with van der Waals surface area (Å²) in [5.41, 5.74) is 1.67. The van der Waals surface area contributed by atoms with Crippen molar-refractivity contribution in [2.45, 2.75) is 32.6 Å². The minimum absolute atomic E-state index is 0.0343. The molecule has 7 heteroatoms. The Balaban J connectivity index is 1.61. The summed E-state index contributed by atoms with van der Waals surface area (Å²) in [6.45, 7) is 6.60. The van der Waals surface area contributed by atoms with Crippen molar-refractivity contribution in [2.24, 2.45) is 0 Å². The molecule has 2 aliphatic rings. The molecule has 3 amide bonds. The van der Waals surface area contributed by atoms with Crippen molar-refractivity contribution in [1.29, 1.82) is 0 Å². The first-order valence-electron chi connectivity index (χ1n) is 8.23. The molecule has 0 bridgehead atoms. The molecular weight excluding hydrogens is 310 g/mol. The van der Waals surface area contributed by atoms with Crippen LogP contribution in [0.4, 0.5) is 15.3 Å². The fourth-order valence-electron chi connectivity index (χ4n) is 3.08. The number of hydrogen-bond acceptors (Lipinski definition) is 4. The summed E-state index contributed by atoms with van der Waals surface area (Å²) in [4.78, 5) is 27.4. The molecule has 0 spiro atoms. The number of nitrogens with zero attached hydrogens (tertiary/aromatic N) is 2. The normalized spacial score (nSPS) is 24.0. The van der Waals surface area contributed by atoms with Gasteiger partial charge in [-0.05, 0) is 31.5 Å². The topological polar surface area (TPSA) is 71.1 Å². The van der Waals surface area contributed by atoms with E-state index in [1.165, 1.54) is 0 Å². The van der Waals surface area contributed by atoms with E-state index in [2.05, 4.69) is 5.32 Å². The fraction of sp³-hybridized carbons (Fsp3) is 0.529. The number of cyclic esters (lactones) is 1. The molecule has 0 unspecified atom stereocenters. The number of amides is 3. The lowest BCUT2D eigenvalue weighted by Gasteiger charge is -2.35. The summed E-state index contributed by atoms with van der Waals surface area (Å²) in [7, 11) is 0. The van der Waals surface area contributed by atoms with Gasteiger partial charge in [-0.2, -0.15) is 0 Å². The van der Waals surface area contributed by atoms with Crippen LogP contribution in [0.15, 0.2) is 24.3 Å². The lowest BCUT2D eigenvalue weighted by atomic mass is 10.2. The van der Waals surface area contributed by atoms with Gasteiger partial charge in [-0.1, -0.05) is 12.1 Å². The Labute approximate surface area is 141 Å². The van der Waals surface area contributed by atoms with Crippen LogP contribution in [0.1, 0.15) is 19.4 Å². The summed E-state index contributed by atoms with van der Waals surface area (Å²) < 4.78 is 10.6. The van der Waals surface area contributed by atoms with Crippen molar-refractivity contribution >= 4 is 17.8 Å². The van der Waals surface area contributed by atoms with E-state index in [0.717, 1.165) is 11.3 Å². The zero-order valence-corrected chi connectivity index (χ0v) is 14.0. The van der Waals surface area contributed by atoms with Crippen LogP contribution in [0.25, 0.3) is 0 Å². The van der Waals surface area contributed by atoms with E-state index in [4.69, 9.17) is 9.47 Å². The summed E-state index contributed by atoms with van der Waals surface area (Å²) in [5.74, 6) is 0. The largest absolute Gasteiger partial charge is 0.448 e. The van der Waals surface area contributed by atoms with E-state index in [0.29, 0.717) is 32.8 Å². The van der Waals surface area contributed by atoms with E-state index in [1.807, 2.05) is 38.1 Å². The third-order valence-corrected chi connectivity index (χ3v) is 4.10. The predicted octanol–water partition coefficient (Wildman–Crippen LogP) is 2.28. The first-order valence-corrected chi connectivity index (χ1v) is 8.23. The first-order chi connectivity index (χ1) is 11.5. The van der Waals surface area contributed by atoms with Crippen molar-refractivity contribution in [3.8, 4) is 0 Å². The average Bonchev–Trinajstić information content (AvgIpc) is 2.92. The average molecular weight is 333 g/mol. The molecule has 1 aromatic carbocycles. The second kappa shape index (κ2) is 7.09. The van der Waals surface area contributed by atoms with Crippen molar-refractivity contribution < 1.29 is 19.1 Å². The number of nitrogens with one attached hydrogen (secondary N) is 1. The number of carbonyl (C=O) groups is 2. The van der Waals surface area contributed by atoms with Gasteiger partial charge in [0.15, 0.2) is 0 Å². The molecule has 2 heterocycles. The van der Waals surface area contributed by atoms with Gasteiger partial charge in [0.1, 0.15) is 6.61 Å². The molecule has 1 aromatic rings. The standard InChI is InChI=1S/C17H23N3O4/c1-12-9-20(10-13(2)24-12)16(21)18-15-5-3-4-14(8-15)11-19-6-7-23-17(19)22/h3-5,8,12-13H,6-7,9-11H2,1-2H3,(H,18,21)/t12-,13+. The van der Waals surface area contributed by atoms with E-state index < -0.39 is 0 Å². The fourth-order valence-corrected chi connectivity index (χ4v) is 3.08. The Bertz CT molecular complexity index is 612. The molecule has 0 radical (unpaired) electrons. The number of carbonyl (C=O) groups excluding carboxylic acids is 2. The maximum atomic E-state index is 12.4. The number of anilines is 1. The van der Waals surface area contributed by atoms with Crippen LogP contribution in [-0.4, -0.2) is 60.4 Å². The molecule has 24 heavy (non-hydrogen) atoms. The Morgan fingerprint density at radius 1 is 1.29 bits per heavy atom. The second-order valence-electron chi connectivity index (χ2n) is 6.33. The molecular formula is C17H23N3O4. The second-order valence-corrected chi connectivity index (χ2v) is 6.33. The predicted molar refractivity (Wildman–Crippen MR) is 88.8 cm³/mol. The highest BCUT2D eigenvalue weighted by atomic mass is 16.6. The molecule has 2 aliphatic heterocycles. The number of ether oxygens (including phenoxy) is 2. The SMILES string of the molecule is C[C@@H]1CN(C(=O)Nc2cccc(CN3CCOC3=O)c2)C[C@H](C)O1. The van der Waals surface area contributed by atoms with E-state index in [-0.39, 0.29) is 24.3 Å². The van der Waals surface area contributed by atoms with Crippen molar-refractivity contribution in [1.82, 2.24) is 9.80 Å². The van der Waals surface area contributed by atoms with Crippen molar-refractivity contribution in [2.75, 3.05) is 31.6 Å². The summed E-state index contributed by atoms with van der Waals surface area (Å²) in [5, 5.41) is 2.93. The molecule has 0 saturated carbocycles. The van der Waals surface area contributed by atoms with E-state index in [9.17, 15) is 9.59 Å². The van der Waals surface area contributed by atoms with Crippen LogP contribution in [0, 0.1) is 0 Å². The quantitative estimate of drug-likeness (QED) is 0.921. The van der Waals surface area contributed by atoms with Crippen LogP contribution < -0.4 is 5.32 Å². The smallest absolute Gasteiger partial charge is 0.410 e. The van der Waals surface area contributed by atoms with Gasteiger partial charge in [-0.15, -0.1) is 0 Å². The Hall–Kier alpha value is -2.28. The highest BCUT2D eigenvalue weighted by molar-refractivity contribution is 5.89. The maximum absolute atomic E-state index is 12.4. The number of benzene rings is 1. The molecule has 7 nitrogen and oxygen atoms in total. The van der Waals surface area contributed by atoms with Crippen molar-refractivity contribution in [3.63, 3.8) is 0 Å². The third-order valence-electron chi connectivity index (χ3n) is 4.10. The molecule has 1 N–H and O–H groups in total. The number of rotatable bonds is 3. The number of urea groups is 1. The maximum Gasteiger partial charge on any atom is 0.410 e. The van der Waals surface area contributed by atoms with Crippen LogP contribution in [0.5, 0.6) is 0 Å². The third kappa shape index (κ3) is 3.97. The number of hydrogen-bond donors (Lipinski definition) is 1. The molecule has 2 saturated heterocycles. The Morgan fingerprint density at radius 2 is 2.04 bits per heavy atom. The molecule has 2 atom stereocenters. The zero-order chi connectivity index (χ0) is 17.1. The van der Waals surface area contributed by atoms with E-state index >= 15 is 0 Å². The van der Waals surface area contributed by atoms with Crippen LogP contribution in [0.3, 0.4) is 0 Å². The monoisotopic (exact) mass is 333 g/mol. The van der Waals surface area contributed by atoms with Crippen molar-refractivity contribution in [3.05, 3.63) is 29.8 Å². The highest BCUT2D eigenvalue weighted by Crippen LogP contribution is 2.17. The van der Waals surface area contributed by atoms with Crippen LogP contribution >= 0.6 is 0 Å². The molecule has 2 fully saturated rings. The molecule has 0 aliphatic carbocycles. The Kier molecular flexibility index (Phi) is 4.89. The summed E-state index contributed by atoms with van der Waals surface area (Å²) in [6.07, 6.45) is -0.222. The summed E-state index contributed by atoms with van der Waals surface area (Å²) in [6, 6.07) is 7.40. The van der Waals surface area contributed by atoms with Crippen LogP contribution in [0.2, 0.25) is 0 Å². The highest BCUT2D eigenvalue weighted by Gasteiger charge is 2.26. The number of morpholine rings is 1. The van der Waals surface area contributed by atoms with Gasteiger partial charge in [-0.25, -0.2) is 9.59 Å². The van der Waals surface area contributed by atoms with Gasteiger partial charge in [-0.3, -0.25) is 0 Å². The summed E-state index contributed by atoms with van der Waals surface area (Å²) >= 11 is 0. The molecule has 3 rings (SSSR count). The van der Waals surface area contributed by atoms with Gasteiger partial charge in [0.05, 0.1) is 18.8 Å². The van der Waals surface area contributed by atoms with Gasteiger partial charge in [0, 0.05) is 25.3 Å². The van der Waals surface area contributed by atoms with Gasteiger partial charge in [0.2, 0.25) is 0 Å². The molecule has 0 aromatic heterocycles. The minimum atomic E-state index is -0.291. The van der Waals surface area contributed by atoms with E-state index in [1.54, 1.807) is 9.80 Å². The molecule has 130 valence electrons. The lowest BCUT2D eigenvalue weighted by molar-refractivity contribution is -0.0530. The zero-order valence-electron chi connectivity index (χ0n) is 14.0. The van der Waals surface area contributed by atoms with Gasteiger partial charge < -0.3 is 24.6 Å². The lowest BCUT2D eigenvalue weighted by Crippen LogP contribution is -2.49. The Morgan fingerprint density at radius 3 is 2.71 bits per heavy atom.